The summed E-state index contributed by atoms with van der Waals surface area (Å²) in [6, 6.07) is 0. The van der Waals surface area contributed by atoms with Crippen LogP contribution in [0.2, 0.25) is 0 Å². The third kappa shape index (κ3) is 12.1. The Labute approximate surface area is 101 Å². The molecule has 4 heteroatoms. The summed E-state index contributed by atoms with van der Waals surface area (Å²) in [4.78, 5) is 21.3. The second kappa shape index (κ2) is 10.7. The summed E-state index contributed by atoms with van der Waals surface area (Å²) >= 11 is 0. The standard InChI is InChI=1S/C13H18O4/c1-2-3-4-5-6-7-11-17-13(16)10-8-9-12(14)15/h2-6H,1,7-11H2,(H,14,15)/b4-3-,6-5-. The third-order valence-corrected chi connectivity index (χ3v) is 1.81. The van der Waals surface area contributed by atoms with Gasteiger partial charge in [0.1, 0.15) is 0 Å². The summed E-state index contributed by atoms with van der Waals surface area (Å²) < 4.78 is 4.90. The molecule has 4 nitrogen and oxygen atoms in total. The molecule has 0 amide bonds. The van der Waals surface area contributed by atoms with Crippen molar-refractivity contribution < 1.29 is 19.4 Å². The Hall–Kier alpha value is -1.84. The van der Waals surface area contributed by atoms with E-state index in [0.717, 1.165) is 0 Å². The van der Waals surface area contributed by atoms with Crippen LogP contribution >= 0.6 is 0 Å². The number of aliphatic carboxylic acids is 1. The van der Waals surface area contributed by atoms with Crippen LogP contribution in [0, 0.1) is 0 Å². The fourth-order valence-corrected chi connectivity index (χ4v) is 1.01. The third-order valence-electron chi connectivity index (χ3n) is 1.81. The molecule has 0 atom stereocenters. The lowest BCUT2D eigenvalue weighted by Gasteiger charge is -2.01. The molecule has 0 rings (SSSR count). The van der Waals surface area contributed by atoms with Crippen molar-refractivity contribution in [2.45, 2.75) is 25.7 Å². The molecule has 0 aliphatic carbocycles. The molecule has 17 heavy (non-hydrogen) atoms. The van der Waals surface area contributed by atoms with E-state index in [0.29, 0.717) is 19.4 Å². The topological polar surface area (TPSA) is 63.6 Å². The average Bonchev–Trinajstić information content (AvgIpc) is 2.27. The molecule has 0 spiro atoms. The van der Waals surface area contributed by atoms with Gasteiger partial charge in [-0.2, -0.15) is 0 Å². The molecule has 94 valence electrons. The number of allylic oxidation sites excluding steroid dienone is 4. The lowest BCUT2D eigenvalue weighted by molar-refractivity contribution is -0.143. The van der Waals surface area contributed by atoms with E-state index in [-0.39, 0.29) is 18.8 Å². The van der Waals surface area contributed by atoms with Crippen molar-refractivity contribution >= 4 is 11.9 Å². The zero-order chi connectivity index (χ0) is 12.9. The van der Waals surface area contributed by atoms with Gasteiger partial charge in [0.05, 0.1) is 6.61 Å². The largest absolute Gasteiger partial charge is 0.481 e. The Balaban J connectivity index is 3.45. The fraction of sp³-hybridized carbons (Fsp3) is 0.385. The maximum atomic E-state index is 11.1. The van der Waals surface area contributed by atoms with E-state index in [1.54, 1.807) is 12.2 Å². The molecule has 0 aromatic heterocycles. The minimum absolute atomic E-state index is 0.00134. The summed E-state index contributed by atoms with van der Waals surface area (Å²) in [7, 11) is 0. The van der Waals surface area contributed by atoms with Crippen molar-refractivity contribution in [3.63, 3.8) is 0 Å². The Morgan fingerprint density at radius 3 is 2.59 bits per heavy atom. The molecule has 0 aliphatic heterocycles. The van der Waals surface area contributed by atoms with Crippen molar-refractivity contribution in [1.29, 1.82) is 0 Å². The quantitative estimate of drug-likeness (QED) is 0.381. The molecule has 0 unspecified atom stereocenters. The van der Waals surface area contributed by atoms with Gasteiger partial charge in [-0.25, -0.2) is 0 Å². The highest BCUT2D eigenvalue weighted by atomic mass is 16.5. The van der Waals surface area contributed by atoms with E-state index >= 15 is 0 Å². The highest BCUT2D eigenvalue weighted by molar-refractivity contribution is 5.71. The first kappa shape index (κ1) is 15.2. The predicted octanol–water partition coefficient (Wildman–Crippen LogP) is 2.47. The normalized spacial score (nSPS) is 10.8. The van der Waals surface area contributed by atoms with Gasteiger partial charge in [-0.3, -0.25) is 9.59 Å². The van der Waals surface area contributed by atoms with Gasteiger partial charge in [-0.05, 0) is 12.8 Å². The van der Waals surface area contributed by atoms with Gasteiger partial charge in [0.25, 0.3) is 0 Å². The zero-order valence-corrected chi connectivity index (χ0v) is 9.80. The summed E-state index contributed by atoms with van der Waals surface area (Å²) in [5.41, 5.74) is 0. The van der Waals surface area contributed by atoms with Crippen molar-refractivity contribution in [3.8, 4) is 0 Å². The van der Waals surface area contributed by atoms with Crippen LogP contribution in [0.1, 0.15) is 25.7 Å². The van der Waals surface area contributed by atoms with Gasteiger partial charge in [0, 0.05) is 12.8 Å². The number of rotatable bonds is 9. The molecule has 0 aromatic carbocycles. The van der Waals surface area contributed by atoms with Crippen molar-refractivity contribution in [1.82, 2.24) is 0 Å². The molecule has 0 saturated carbocycles. The molecule has 0 saturated heterocycles. The van der Waals surface area contributed by atoms with E-state index in [4.69, 9.17) is 9.84 Å². The first-order chi connectivity index (χ1) is 8.16. The maximum Gasteiger partial charge on any atom is 0.305 e. The SMILES string of the molecule is C=C/C=C\C=C/CCOC(=O)CCCC(=O)O. The molecule has 0 fully saturated rings. The van der Waals surface area contributed by atoms with Crippen molar-refractivity contribution in [2.75, 3.05) is 6.61 Å². The van der Waals surface area contributed by atoms with Crippen molar-refractivity contribution in [3.05, 3.63) is 37.0 Å². The number of carboxylic acids is 1. The number of carboxylic acid groups (broad SMARTS) is 1. The number of carbonyl (C=O) groups excluding carboxylic acids is 1. The Morgan fingerprint density at radius 1 is 1.18 bits per heavy atom. The van der Waals surface area contributed by atoms with Gasteiger partial charge in [-0.1, -0.05) is 37.0 Å². The first-order valence-electron chi connectivity index (χ1n) is 5.48. The molecule has 0 bridgehead atoms. The molecular formula is C13H18O4. The monoisotopic (exact) mass is 238 g/mol. The van der Waals surface area contributed by atoms with Crippen LogP contribution in [-0.4, -0.2) is 23.7 Å². The minimum Gasteiger partial charge on any atom is -0.481 e. The van der Waals surface area contributed by atoms with Gasteiger partial charge < -0.3 is 9.84 Å². The van der Waals surface area contributed by atoms with Gasteiger partial charge in [0.15, 0.2) is 0 Å². The summed E-state index contributed by atoms with van der Waals surface area (Å²) in [5.74, 6) is -1.24. The number of ether oxygens (including phenoxy) is 1. The first-order valence-corrected chi connectivity index (χ1v) is 5.48. The zero-order valence-electron chi connectivity index (χ0n) is 9.80. The fourth-order valence-electron chi connectivity index (χ4n) is 1.01. The predicted molar refractivity (Wildman–Crippen MR) is 65.5 cm³/mol. The van der Waals surface area contributed by atoms with E-state index in [9.17, 15) is 9.59 Å². The lowest BCUT2D eigenvalue weighted by Crippen LogP contribution is -2.06. The molecule has 1 N–H and O–H groups in total. The van der Waals surface area contributed by atoms with E-state index < -0.39 is 5.97 Å². The van der Waals surface area contributed by atoms with Crippen LogP contribution in [0.3, 0.4) is 0 Å². The average molecular weight is 238 g/mol. The second-order valence-electron chi connectivity index (χ2n) is 3.31. The van der Waals surface area contributed by atoms with E-state index in [1.165, 1.54) is 0 Å². The van der Waals surface area contributed by atoms with Crippen LogP contribution in [0.5, 0.6) is 0 Å². The Morgan fingerprint density at radius 2 is 1.94 bits per heavy atom. The van der Waals surface area contributed by atoms with Gasteiger partial charge in [-0.15, -0.1) is 0 Å². The number of hydrogen-bond acceptors (Lipinski definition) is 3. The summed E-state index contributed by atoms with van der Waals surface area (Å²) in [6.07, 6.45) is 10.2. The lowest BCUT2D eigenvalue weighted by atomic mass is 10.2. The van der Waals surface area contributed by atoms with E-state index in [2.05, 4.69) is 6.58 Å². The van der Waals surface area contributed by atoms with Gasteiger partial charge >= 0.3 is 11.9 Å². The summed E-state index contributed by atoms with van der Waals surface area (Å²) in [6.45, 7) is 3.85. The van der Waals surface area contributed by atoms with E-state index in [1.807, 2.05) is 18.2 Å². The molecule has 0 aliphatic rings. The number of esters is 1. The Kier molecular flexibility index (Phi) is 9.52. The van der Waals surface area contributed by atoms with Gasteiger partial charge in [0.2, 0.25) is 0 Å². The number of hydrogen-bond donors (Lipinski definition) is 1. The van der Waals surface area contributed by atoms with Crippen LogP contribution in [0.15, 0.2) is 37.0 Å². The van der Waals surface area contributed by atoms with Crippen LogP contribution in [0.4, 0.5) is 0 Å². The molecule has 0 radical (unpaired) electrons. The number of carbonyl (C=O) groups is 2. The van der Waals surface area contributed by atoms with Crippen LogP contribution in [0.25, 0.3) is 0 Å². The molecule has 0 heterocycles. The van der Waals surface area contributed by atoms with Crippen molar-refractivity contribution in [2.24, 2.45) is 0 Å². The minimum atomic E-state index is -0.894. The second-order valence-corrected chi connectivity index (χ2v) is 3.31. The molecule has 0 aromatic rings. The Bertz CT molecular complexity index is 303. The smallest absolute Gasteiger partial charge is 0.305 e. The van der Waals surface area contributed by atoms with Crippen LogP contribution in [-0.2, 0) is 14.3 Å². The molecular weight excluding hydrogens is 220 g/mol. The summed E-state index contributed by atoms with van der Waals surface area (Å²) in [5, 5.41) is 8.37. The highest BCUT2D eigenvalue weighted by Crippen LogP contribution is 1.98. The van der Waals surface area contributed by atoms with Crippen LogP contribution < -0.4 is 0 Å². The highest BCUT2D eigenvalue weighted by Gasteiger charge is 2.03. The maximum absolute atomic E-state index is 11.1.